The number of rotatable bonds is 7. The van der Waals surface area contributed by atoms with Gasteiger partial charge in [0.05, 0.1) is 17.3 Å². The molecule has 0 bridgehead atoms. The fourth-order valence-corrected chi connectivity index (χ4v) is 2.57. The number of pyridine rings is 1. The number of amides is 1. The van der Waals surface area contributed by atoms with Crippen LogP contribution in [-0.2, 0) is 4.79 Å². The molecule has 0 aliphatic carbocycles. The maximum atomic E-state index is 11.6. The van der Waals surface area contributed by atoms with Crippen LogP contribution in [0.2, 0.25) is 0 Å². The van der Waals surface area contributed by atoms with E-state index in [0.717, 1.165) is 17.0 Å². The van der Waals surface area contributed by atoms with Gasteiger partial charge in [0.1, 0.15) is 22.9 Å². The molecular formula is C14H18N6O2S. The molecule has 23 heavy (non-hydrogen) atoms. The summed E-state index contributed by atoms with van der Waals surface area (Å²) in [6.45, 7) is 3.67. The topological polar surface area (TPSA) is 127 Å². The van der Waals surface area contributed by atoms with Crippen LogP contribution in [0.15, 0.2) is 18.2 Å². The molecule has 2 aromatic heterocycles. The second kappa shape index (κ2) is 7.16. The Hall–Kier alpha value is -2.52. The van der Waals surface area contributed by atoms with Crippen molar-refractivity contribution in [1.82, 2.24) is 9.36 Å². The van der Waals surface area contributed by atoms with Gasteiger partial charge in [-0.1, -0.05) is 0 Å². The van der Waals surface area contributed by atoms with Crippen LogP contribution in [0.4, 0.5) is 16.6 Å². The number of hydrogen-bond donors (Lipinski definition) is 3. The van der Waals surface area contributed by atoms with E-state index in [2.05, 4.69) is 14.7 Å². The Kier molecular flexibility index (Phi) is 5.24. The Labute approximate surface area is 137 Å². The number of aryl methyl sites for hydroxylation is 1. The lowest BCUT2D eigenvalue weighted by atomic mass is 10.2. The molecule has 0 aliphatic rings. The number of hydrazine groups is 1. The van der Waals surface area contributed by atoms with Crippen molar-refractivity contribution in [2.45, 2.75) is 26.3 Å². The molecule has 0 fully saturated rings. The minimum Gasteiger partial charge on any atom is -0.365 e. The zero-order chi connectivity index (χ0) is 17.0. The number of carbonyl (C=O) groups excluding carboxylic acids is 2. The number of nitrogens with one attached hydrogen (secondary N) is 1. The van der Waals surface area contributed by atoms with Gasteiger partial charge in [0, 0.05) is 6.42 Å². The molecule has 2 rings (SSSR count). The summed E-state index contributed by atoms with van der Waals surface area (Å²) in [5.41, 5.74) is 6.49. The minimum atomic E-state index is -0.600. The summed E-state index contributed by atoms with van der Waals surface area (Å²) < 4.78 is 4.16. The Morgan fingerprint density at radius 3 is 2.83 bits per heavy atom. The second-order valence-electron chi connectivity index (χ2n) is 5.05. The summed E-state index contributed by atoms with van der Waals surface area (Å²) in [5.74, 6) is 6.10. The van der Waals surface area contributed by atoms with Gasteiger partial charge in [0.2, 0.25) is 0 Å². The average molecular weight is 334 g/mol. The van der Waals surface area contributed by atoms with E-state index >= 15 is 0 Å². The van der Waals surface area contributed by atoms with Crippen molar-refractivity contribution in [2.75, 3.05) is 10.3 Å². The molecule has 5 N–H and O–H groups in total. The first-order chi connectivity index (χ1) is 10.9. The third-order valence-corrected chi connectivity index (χ3v) is 3.99. The SMILES string of the molecule is Cc1cc(Nc2nc(N(N)[C@H](C)CC=O)ccc2C(N)=O)sn1. The van der Waals surface area contributed by atoms with Gasteiger partial charge in [-0.3, -0.25) is 9.80 Å². The van der Waals surface area contributed by atoms with Crippen LogP contribution in [0.25, 0.3) is 0 Å². The van der Waals surface area contributed by atoms with E-state index in [0.29, 0.717) is 11.6 Å². The Balaban J connectivity index is 2.35. The van der Waals surface area contributed by atoms with Crippen LogP contribution >= 0.6 is 11.5 Å². The zero-order valence-electron chi connectivity index (χ0n) is 12.8. The Morgan fingerprint density at radius 2 is 2.26 bits per heavy atom. The third-order valence-electron chi connectivity index (χ3n) is 3.19. The van der Waals surface area contributed by atoms with Crippen molar-refractivity contribution >= 4 is 40.4 Å². The van der Waals surface area contributed by atoms with Gasteiger partial charge < -0.3 is 15.8 Å². The molecule has 1 amide bonds. The standard InChI is InChI=1S/C14H18N6O2S/c1-8-7-12(23-19-8)18-14-10(13(15)22)3-4-11(17-14)20(16)9(2)5-6-21/h3-4,6-7,9H,5,16H2,1-2H3,(H2,15,22)(H,17,18)/t9-/m1/s1. The number of primary amides is 1. The average Bonchev–Trinajstić information content (AvgIpc) is 2.91. The lowest BCUT2D eigenvalue weighted by Gasteiger charge is -2.24. The first-order valence-corrected chi connectivity index (χ1v) is 7.68. The quantitative estimate of drug-likeness (QED) is 0.396. The van der Waals surface area contributed by atoms with Gasteiger partial charge in [-0.15, -0.1) is 0 Å². The maximum absolute atomic E-state index is 11.6. The maximum Gasteiger partial charge on any atom is 0.252 e. The molecule has 2 aromatic rings. The molecular weight excluding hydrogens is 316 g/mol. The van der Waals surface area contributed by atoms with Crippen molar-refractivity contribution in [3.8, 4) is 0 Å². The van der Waals surface area contributed by atoms with E-state index in [1.165, 1.54) is 16.5 Å². The first kappa shape index (κ1) is 16.8. The van der Waals surface area contributed by atoms with Crippen molar-refractivity contribution in [3.63, 3.8) is 0 Å². The van der Waals surface area contributed by atoms with Crippen LogP contribution in [0.5, 0.6) is 0 Å². The van der Waals surface area contributed by atoms with Gasteiger partial charge in [0.25, 0.3) is 5.91 Å². The zero-order valence-corrected chi connectivity index (χ0v) is 13.6. The molecule has 0 saturated carbocycles. The number of nitrogens with two attached hydrogens (primary N) is 2. The van der Waals surface area contributed by atoms with E-state index < -0.39 is 5.91 Å². The minimum absolute atomic E-state index is 0.224. The number of carbonyl (C=O) groups is 2. The predicted octanol–water partition coefficient (Wildman–Crippen LogP) is 1.35. The van der Waals surface area contributed by atoms with E-state index in [-0.39, 0.29) is 18.0 Å². The van der Waals surface area contributed by atoms with Crippen LogP contribution in [0, 0.1) is 6.92 Å². The van der Waals surface area contributed by atoms with Crippen molar-refractivity contribution in [1.29, 1.82) is 0 Å². The van der Waals surface area contributed by atoms with Gasteiger partial charge in [-0.25, -0.2) is 10.8 Å². The molecule has 0 spiro atoms. The summed E-state index contributed by atoms with van der Waals surface area (Å²) >= 11 is 1.25. The molecule has 9 heteroatoms. The van der Waals surface area contributed by atoms with Crippen LogP contribution in [0.1, 0.15) is 29.4 Å². The molecule has 0 saturated heterocycles. The fourth-order valence-electron chi connectivity index (χ4n) is 1.90. The van der Waals surface area contributed by atoms with Crippen LogP contribution in [-0.4, -0.2) is 27.6 Å². The molecule has 8 nitrogen and oxygen atoms in total. The number of nitrogens with zero attached hydrogens (tertiary/aromatic N) is 3. The van der Waals surface area contributed by atoms with E-state index in [4.69, 9.17) is 11.6 Å². The summed E-state index contributed by atoms with van der Waals surface area (Å²) in [4.78, 5) is 26.6. The van der Waals surface area contributed by atoms with E-state index in [9.17, 15) is 9.59 Å². The first-order valence-electron chi connectivity index (χ1n) is 6.91. The van der Waals surface area contributed by atoms with Gasteiger partial charge in [-0.05, 0) is 43.6 Å². The number of aromatic nitrogens is 2. The third kappa shape index (κ3) is 4.02. The van der Waals surface area contributed by atoms with E-state index in [1.807, 2.05) is 13.0 Å². The Bertz CT molecular complexity index is 717. The highest BCUT2D eigenvalue weighted by Gasteiger charge is 2.17. The van der Waals surface area contributed by atoms with Gasteiger partial charge in [-0.2, -0.15) is 4.37 Å². The van der Waals surface area contributed by atoms with E-state index in [1.54, 1.807) is 19.1 Å². The molecule has 0 unspecified atom stereocenters. The monoisotopic (exact) mass is 334 g/mol. The summed E-state index contributed by atoms with van der Waals surface area (Å²) in [7, 11) is 0. The predicted molar refractivity (Wildman–Crippen MR) is 89.7 cm³/mol. The molecule has 1 atom stereocenters. The number of aldehydes is 1. The van der Waals surface area contributed by atoms with Crippen molar-refractivity contribution in [3.05, 3.63) is 29.5 Å². The highest BCUT2D eigenvalue weighted by atomic mass is 32.1. The molecule has 0 aliphatic heterocycles. The van der Waals surface area contributed by atoms with Gasteiger partial charge >= 0.3 is 0 Å². The normalized spacial score (nSPS) is 11.8. The van der Waals surface area contributed by atoms with Crippen molar-refractivity contribution in [2.24, 2.45) is 11.6 Å². The number of hydrogen-bond acceptors (Lipinski definition) is 8. The highest BCUT2D eigenvalue weighted by Crippen LogP contribution is 2.25. The lowest BCUT2D eigenvalue weighted by Crippen LogP contribution is -2.40. The summed E-state index contributed by atoms with van der Waals surface area (Å²) in [6.07, 6.45) is 1.06. The highest BCUT2D eigenvalue weighted by molar-refractivity contribution is 7.10. The Morgan fingerprint density at radius 1 is 1.52 bits per heavy atom. The lowest BCUT2D eigenvalue weighted by molar-refractivity contribution is -0.108. The second-order valence-corrected chi connectivity index (χ2v) is 5.85. The van der Waals surface area contributed by atoms with Gasteiger partial charge in [0.15, 0.2) is 0 Å². The molecule has 2 heterocycles. The fraction of sp³-hybridized carbons (Fsp3) is 0.286. The summed E-state index contributed by atoms with van der Waals surface area (Å²) in [5, 5.41) is 5.15. The molecule has 0 radical (unpaired) electrons. The smallest absolute Gasteiger partial charge is 0.252 e. The largest absolute Gasteiger partial charge is 0.365 e. The molecule has 122 valence electrons. The van der Waals surface area contributed by atoms with Crippen LogP contribution in [0.3, 0.4) is 0 Å². The van der Waals surface area contributed by atoms with Crippen LogP contribution < -0.4 is 21.9 Å². The molecule has 0 aromatic carbocycles. The van der Waals surface area contributed by atoms with Crippen molar-refractivity contribution < 1.29 is 9.59 Å². The number of anilines is 3. The summed E-state index contributed by atoms with van der Waals surface area (Å²) in [6, 6.07) is 4.75.